The van der Waals surface area contributed by atoms with Gasteiger partial charge in [0, 0.05) is 18.0 Å². The fourth-order valence-electron chi connectivity index (χ4n) is 2.12. The van der Waals surface area contributed by atoms with Crippen molar-refractivity contribution in [1.82, 2.24) is 5.43 Å². The van der Waals surface area contributed by atoms with E-state index in [0.717, 1.165) is 11.3 Å². The molecule has 7 heteroatoms. The topological polar surface area (TPSA) is 79.6 Å². The summed E-state index contributed by atoms with van der Waals surface area (Å²) in [5, 5.41) is 18.3. The molecule has 0 amide bonds. The molecule has 25 heavy (non-hydrogen) atoms. The van der Waals surface area contributed by atoms with Gasteiger partial charge in [-0.15, -0.1) is 0 Å². The quantitative estimate of drug-likeness (QED) is 0.364. The van der Waals surface area contributed by atoms with E-state index in [1.54, 1.807) is 30.4 Å². The average Bonchev–Trinajstić information content (AvgIpc) is 2.59. The van der Waals surface area contributed by atoms with Crippen molar-refractivity contribution in [2.45, 2.75) is 13.8 Å². The third-order valence-electron chi connectivity index (χ3n) is 3.59. The number of hydrogen-bond donors (Lipinski definition) is 2. The number of hydrazone groups is 1. The average molecular weight is 354 g/mol. The summed E-state index contributed by atoms with van der Waals surface area (Å²) >= 11 is 5.19. The summed E-state index contributed by atoms with van der Waals surface area (Å²) in [4.78, 5) is 10.5. The van der Waals surface area contributed by atoms with Crippen LogP contribution < -0.4 is 10.7 Å². The molecule has 0 saturated heterocycles. The van der Waals surface area contributed by atoms with E-state index in [-0.39, 0.29) is 5.69 Å². The third kappa shape index (κ3) is 5.22. The fourth-order valence-corrected chi connectivity index (χ4v) is 2.28. The lowest BCUT2D eigenvalue weighted by Gasteiger charge is -2.11. The number of anilines is 1. The summed E-state index contributed by atoms with van der Waals surface area (Å²) in [5.74, 6) is 0. The number of thiocarbonyl (C=S) groups is 1. The first kappa shape index (κ1) is 18.3. The number of para-hydroxylation sites is 1. The van der Waals surface area contributed by atoms with Gasteiger partial charge in [0.25, 0.3) is 5.69 Å². The molecule has 0 fully saturated rings. The molecule has 0 atom stereocenters. The van der Waals surface area contributed by atoms with E-state index in [4.69, 9.17) is 12.2 Å². The summed E-state index contributed by atoms with van der Waals surface area (Å²) in [7, 11) is 0. The summed E-state index contributed by atoms with van der Waals surface area (Å²) in [6, 6.07) is 12.4. The number of nitro benzene ring substituents is 1. The minimum atomic E-state index is -0.418. The molecule has 0 radical (unpaired) electrons. The molecule has 0 unspecified atom stereocenters. The number of hydrogen-bond acceptors (Lipinski definition) is 4. The van der Waals surface area contributed by atoms with Crippen LogP contribution in [0.2, 0.25) is 0 Å². The summed E-state index contributed by atoms with van der Waals surface area (Å²) in [6.07, 6.45) is 4.70. The van der Waals surface area contributed by atoms with Gasteiger partial charge in [-0.2, -0.15) is 5.10 Å². The number of nitrogens with one attached hydrogen (secondary N) is 2. The lowest BCUT2D eigenvalue weighted by Crippen LogP contribution is -2.24. The molecule has 0 heterocycles. The third-order valence-corrected chi connectivity index (χ3v) is 3.78. The lowest BCUT2D eigenvalue weighted by atomic mass is 10.1. The normalized spacial score (nSPS) is 11.0. The van der Waals surface area contributed by atoms with Crippen LogP contribution in [0.15, 0.2) is 53.6 Å². The molecule has 0 saturated carbocycles. The zero-order valence-electron chi connectivity index (χ0n) is 13.9. The number of benzene rings is 2. The van der Waals surface area contributed by atoms with Crippen molar-refractivity contribution in [2.75, 3.05) is 5.32 Å². The van der Waals surface area contributed by atoms with Crippen LogP contribution in [-0.2, 0) is 0 Å². The van der Waals surface area contributed by atoms with Gasteiger partial charge in [0.1, 0.15) is 0 Å². The molecule has 0 aromatic heterocycles. The van der Waals surface area contributed by atoms with Crippen molar-refractivity contribution >= 4 is 41.0 Å². The second-order valence-corrected chi connectivity index (χ2v) is 5.67. The van der Waals surface area contributed by atoms with E-state index in [1.807, 2.05) is 32.0 Å². The van der Waals surface area contributed by atoms with Crippen molar-refractivity contribution in [3.63, 3.8) is 0 Å². The van der Waals surface area contributed by atoms with Crippen LogP contribution in [0.1, 0.15) is 16.7 Å². The van der Waals surface area contributed by atoms with Gasteiger partial charge in [-0.25, -0.2) is 0 Å². The maximum absolute atomic E-state index is 10.9. The van der Waals surface area contributed by atoms with E-state index in [1.165, 1.54) is 17.8 Å². The van der Waals surface area contributed by atoms with Gasteiger partial charge in [-0.3, -0.25) is 15.5 Å². The number of aryl methyl sites for hydroxylation is 1. The Labute approximate surface area is 151 Å². The van der Waals surface area contributed by atoms with E-state index in [0.29, 0.717) is 10.7 Å². The van der Waals surface area contributed by atoms with Gasteiger partial charge < -0.3 is 5.32 Å². The maximum atomic E-state index is 10.9. The number of nitrogens with zero attached hydrogens (tertiary/aromatic N) is 2. The van der Waals surface area contributed by atoms with Crippen molar-refractivity contribution < 1.29 is 4.92 Å². The van der Waals surface area contributed by atoms with E-state index < -0.39 is 4.92 Å². The van der Waals surface area contributed by atoms with E-state index in [2.05, 4.69) is 15.8 Å². The predicted octanol–water partition coefficient (Wildman–Crippen LogP) is 4.20. The van der Waals surface area contributed by atoms with Gasteiger partial charge in [-0.05, 0) is 61.5 Å². The highest BCUT2D eigenvalue weighted by molar-refractivity contribution is 7.80. The maximum Gasteiger partial charge on any atom is 0.276 e. The Bertz CT molecular complexity index is 847. The minimum absolute atomic E-state index is 0.0484. The van der Waals surface area contributed by atoms with Gasteiger partial charge in [0.15, 0.2) is 5.11 Å². The number of allylic oxidation sites excluding steroid dienone is 1. The van der Waals surface area contributed by atoms with Crippen LogP contribution in [0.25, 0.3) is 6.08 Å². The first-order valence-electron chi connectivity index (χ1n) is 7.55. The molecule has 2 aromatic carbocycles. The van der Waals surface area contributed by atoms with Crippen molar-refractivity contribution in [3.05, 3.63) is 75.3 Å². The van der Waals surface area contributed by atoms with Gasteiger partial charge in [-0.1, -0.05) is 24.3 Å². The minimum Gasteiger partial charge on any atom is -0.331 e. The molecule has 2 N–H and O–H groups in total. The van der Waals surface area contributed by atoms with Crippen molar-refractivity contribution in [1.29, 1.82) is 0 Å². The Morgan fingerprint density at radius 1 is 1.20 bits per heavy atom. The van der Waals surface area contributed by atoms with Crippen LogP contribution in [0, 0.1) is 24.0 Å². The molecular weight excluding hydrogens is 336 g/mol. The van der Waals surface area contributed by atoms with E-state index in [9.17, 15) is 10.1 Å². The van der Waals surface area contributed by atoms with Crippen molar-refractivity contribution in [2.24, 2.45) is 5.10 Å². The van der Waals surface area contributed by atoms with Gasteiger partial charge in [0.2, 0.25) is 0 Å². The van der Waals surface area contributed by atoms with Gasteiger partial charge in [0.05, 0.1) is 10.5 Å². The molecule has 6 nitrogen and oxygen atoms in total. The molecule has 128 valence electrons. The Balaban J connectivity index is 1.92. The van der Waals surface area contributed by atoms with Gasteiger partial charge >= 0.3 is 0 Å². The highest BCUT2D eigenvalue weighted by atomic mass is 32.1. The van der Waals surface area contributed by atoms with Crippen LogP contribution >= 0.6 is 12.2 Å². The zero-order valence-corrected chi connectivity index (χ0v) is 14.7. The molecular formula is C18H18N4O2S. The Hall–Kier alpha value is -3.06. The monoisotopic (exact) mass is 354 g/mol. The Morgan fingerprint density at radius 3 is 2.72 bits per heavy atom. The summed E-state index contributed by atoms with van der Waals surface area (Å²) in [5.41, 5.74) is 6.47. The molecule has 0 bridgehead atoms. The standard InChI is InChI=1S/C18H18N4O2S/c1-13-7-5-10-16(14(13)2)20-18(25)21-19-12-6-9-15-8-3-4-11-17(15)22(23)24/h3-12H,1-2H3,(H2,20,21,25)/b9-6+,19-12-. The Kier molecular flexibility index (Phi) is 6.36. The molecule has 2 aromatic rings. The first-order chi connectivity index (χ1) is 12.0. The Morgan fingerprint density at radius 2 is 1.96 bits per heavy atom. The lowest BCUT2D eigenvalue weighted by molar-refractivity contribution is -0.385. The first-order valence-corrected chi connectivity index (χ1v) is 7.96. The SMILES string of the molecule is Cc1cccc(NC(=S)N/N=C\C=C\c2ccccc2[N+](=O)[O-])c1C. The highest BCUT2D eigenvalue weighted by Gasteiger charge is 2.08. The fraction of sp³-hybridized carbons (Fsp3) is 0.111. The van der Waals surface area contributed by atoms with Crippen LogP contribution in [-0.4, -0.2) is 16.3 Å². The predicted molar refractivity (Wildman–Crippen MR) is 106 cm³/mol. The van der Waals surface area contributed by atoms with Crippen LogP contribution in [0.3, 0.4) is 0 Å². The second-order valence-electron chi connectivity index (χ2n) is 5.27. The summed E-state index contributed by atoms with van der Waals surface area (Å²) < 4.78 is 0. The van der Waals surface area contributed by atoms with Crippen LogP contribution in [0.4, 0.5) is 11.4 Å². The van der Waals surface area contributed by atoms with E-state index >= 15 is 0 Å². The van der Waals surface area contributed by atoms with Crippen LogP contribution in [0.5, 0.6) is 0 Å². The number of rotatable bonds is 5. The van der Waals surface area contributed by atoms with Crippen molar-refractivity contribution in [3.8, 4) is 0 Å². The number of nitro groups is 1. The molecule has 0 aliphatic carbocycles. The second kappa shape index (κ2) is 8.70. The molecule has 2 rings (SSSR count). The molecule has 0 aliphatic rings. The molecule has 0 aliphatic heterocycles. The largest absolute Gasteiger partial charge is 0.331 e. The summed E-state index contributed by atoms with van der Waals surface area (Å²) in [6.45, 7) is 4.04. The highest BCUT2D eigenvalue weighted by Crippen LogP contribution is 2.19. The smallest absolute Gasteiger partial charge is 0.276 e. The zero-order chi connectivity index (χ0) is 18.2. The molecule has 0 spiro atoms.